The third-order valence-corrected chi connectivity index (χ3v) is 3.03. The summed E-state index contributed by atoms with van der Waals surface area (Å²) in [7, 11) is 0. The molecule has 17 heavy (non-hydrogen) atoms. The Morgan fingerprint density at radius 1 is 1.06 bits per heavy atom. The van der Waals surface area contributed by atoms with E-state index in [2.05, 4.69) is 19.2 Å². The van der Waals surface area contributed by atoms with Gasteiger partial charge < -0.3 is 11.1 Å². The number of amides is 1. The van der Waals surface area contributed by atoms with Crippen LogP contribution in [0.5, 0.6) is 0 Å². The number of carbonyl (C=O) groups excluding carboxylic acids is 1. The van der Waals surface area contributed by atoms with E-state index in [9.17, 15) is 4.79 Å². The second-order valence-electron chi connectivity index (χ2n) is 5.66. The first-order valence-electron chi connectivity index (χ1n) is 6.98. The molecule has 0 spiro atoms. The van der Waals surface area contributed by atoms with E-state index in [1.807, 2.05) is 13.8 Å². The van der Waals surface area contributed by atoms with E-state index in [-0.39, 0.29) is 17.9 Å². The number of unbranched alkanes of at least 4 members (excludes halogenated alkanes) is 3. The van der Waals surface area contributed by atoms with Crippen molar-refractivity contribution in [2.24, 2.45) is 17.6 Å². The molecular weight excluding hydrogens is 212 g/mol. The zero-order chi connectivity index (χ0) is 13.3. The third kappa shape index (κ3) is 9.16. The van der Waals surface area contributed by atoms with Crippen LogP contribution in [0.4, 0.5) is 0 Å². The zero-order valence-corrected chi connectivity index (χ0v) is 12.0. The molecule has 1 atom stereocenters. The molecule has 3 nitrogen and oxygen atoms in total. The van der Waals surface area contributed by atoms with Crippen molar-refractivity contribution in [3.63, 3.8) is 0 Å². The fourth-order valence-electron chi connectivity index (χ4n) is 1.66. The van der Waals surface area contributed by atoms with E-state index in [4.69, 9.17) is 5.73 Å². The monoisotopic (exact) mass is 242 g/mol. The summed E-state index contributed by atoms with van der Waals surface area (Å²) in [6.45, 7) is 9.22. The number of carbonyl (C=O) groups is 1. The number of hydrogen-bond acceptors (Lipinski definition) is 2. The highest BCUT2D eigenvalue weighted by atomic mass is 16.2. The molecule has 102 valence electrons. The maximum Gasteiger partial charge on any atom is 0.237 e. The molecule has 0 heterocycles. The standard InChI is InChI=1S/C14H30N2O/c1-11(2)9-7-5-6-8-10-16-14(17)13(15)12(3)4/h11-13H,5-10,15H2,1-4H3,(H,16,17)/t13-/m1/s1. The predicted octanol–water partition coefficient (Wildman–Crippen LogP) is 2.69. The van der Waals surface area contributed by atoms with Gasteiger partial charge in [-0.25, -0.2) is 0 Å². The van der Waals surface area contributed by atoms with Gasteiger partial charge in [0.15, 0.2) is 0 Å². The Labute approximate surface area is 107 Å². The summed E-state index contributed by atoms with van der Waals surface area (Å²) >= 11 is 0. The number of nitrogens with two attached hydrogens (primary N) is 1. The molecule has 0 aliphatic carbocycles. The Bertz CT molecular complexity index is 202. The molecule has 0 radical (unpaired) electrons. The lowest BCUT2D eigenvalue weighted by Crippen LogP contribution is -2.44. The molecule has 0 aliphatic rings. The summed E-state index contributed by atoms with van der Waals surface area (Å²) < 4.78 is 0. The molecule has 3 heteroatoms. The Balaban J connectivity index is 3.37. The number of hydrogen-bond donors (Lipinski definition) is 2. The number of rotatable bonds is 9. The van der Waals surface area contributed by atoms with Crippen molar-refractivity contribution in [1.29, 1.82) is 0 Å². The van der Waals surface area contributed by atoms with Crippen LogP contribution in [-0.4, -0.2) is 18.5 Å². The average Bonchev–Trinajstić information content (AvgIpc) is 2.25. The van der Waals surface area contributed by atoms with Gasteiger partial charge in [0.05, 0.1) is 6.04 Å². The largest absolute Gasteiger partial charge is 0.355 e. The summed E-state index contributed by atoms with van der Waals surface area (Å²) in [4.78, 5) is 11.5. The molecule has 0 aromatic heterocycles. The number of nitrogens with one attached hydrogen (secondary N) is 1. The molecule has 0 fully saturated rings. The van der Waals surface area contributed by atoms with Crippen molar-refractivity contribution in [2.75, 3.05) is 6.54 Å². The maximum absolute atomic E-state index is 11.5. The zero-order valence-electron chi connectivity index (χ0n) is 12.0. The van der Waals surface area contributed by atoms with E-state index in [0.29, 0.717) is 0 Å². The van der Waals surface area contributed by atoms with Crippen LogP contribution in [0.25, 0.3) is 0 Å². The molecule has 0 aliphatic heterocycles. The lowest BCUT2D eigenvalue weighted by atomic mass is 10.0. The first-order chi connectivity index (χ1) is 7.95. The van der Waals surface area contributed by atoms with E-state index in [0.717, 1.165) is 18.9 Å². The van der Waals surface area contributed by atoms with Gasteiger partial charge >= 0.3 is 0 Å². The quantitative estimate of drug-likeness (QED) is 0.611. The van der Waals surface area contributed by atoms with Gasteiger partial charge in [-0.15, -0.1) is 0 Å². The van der Waals surface area contributed by atoms with Gasteiger partial charge in [0.1, 0.15) is 0 Å². The van der Waals surface area contributed by atoms with E-state index >= 15 is 0 Å². The highest BCUT2D eigenvalue weighted by Gasteiger charge is 2.15. The molecule has 0 saturated heterocycles. The van der Waals surface area contributed by atoms with Gasteiger partial charge in [-0.05, 0) is 18.3 Å². The van der Waals surface area contributed by atoms with Gasteiger partial charge in [0, 0.05) is 6.54 Å². The second-order valence-corrected chi connectivity index (χ2v) is 5.66. The summed E-state index contributed by atoms with van der Waals surface area (Å²) in [6.07, 6.45) is 6.14. The predicted molar refractivity (Wildman–Crippen MR) is 73.7 cm³/mol. The van der Waals surface area contributed by atoms with Crippen LogP contribution in [0.3, 0.4) is 0 Å². The molecule has 0 aromatic carbocycles. The minimum Gasteiger partial charge on any atom is -0.355 e. The minimum absolute atomic E-state index is 0.0119. The molecule has 0 saturated carbocycles. The molecule has 0 rings (SSSR count). The van der Waals surface area contributed by atoms with E-state index in [1.54, 1.807) is 0 Å². The van der Waals surface area contributed by atoms with Crippen molar-refractivity contribution in [1.82, 2.24) is 5.32 Å². The topological polar surface area (TPSA) is 55.1 Å². The van der Waals surface area contributed by atoms with Crippen LogP contribution >= 0.6 is 0 Å². The fraction of sp³-hybridized carbons (Fsp3) is 0.929. The van der Waals surface area contributed by atoms with E-state index < -0.39 is 0 Å². The molecule has 0 aromatic rings. The minimum atomic E-state index is -0.365. The van der Waals surface area contributed by atoms with Crippen molar-refractivity contribution in [3.8, 4) is 0 Å². The summed E-state index contributed by atoms with van der Waals surface area (Å²) in [5.74, 6) is 1.00. The molecular formula is C14H30N2O. The van der Waals surface area contributed by atoms with Crippen LogP contribution < -0.4 is 11.1 Å². The Morgan fingerprint density at radius 2 is 1.65 bits per heavy atom. The van der Waals surface area contributed by atoms with Gasteiger partial charge in [-0.3, -0.25) is 4.79 Å². The SMILES string of the molecule is CC(C)CCCCCCNC(=O)[C@H](N)C(C)C. The third-order valence-electron chi connectivity index (χ3n) is 3.03. The molecule has 1 amide bonds. The van der Waals surface area contributed by atoms with Crippen LogP contribution in [0.2, 0.25) is 0 Å². The maximum atomic E-state index is 11.5. The van der Waals surface area contributed by atoms with Gasteiger partial charge in [0.25, 0.3) is 0 Å². The van der Waals surface area contributed by atoms with Crippen LogP contribution in [0.1, 0.15) is 59.8 Å². The Kier molecular flexibility index (Phi) is 9.14. The highest BCUT2D eigenvalue weighted by molar-refractivity contribution is 5.81. The van der Waals surface area contributed by atoms with Crippen LogP contribution in [0, 0.1) is 11.8 Å². The fourth-order valence-corrected chi connectivity index (χ4v) is 1.66. The smallest absolute Gasteiger partial charge is 0.237 e. The van der Waals surface area contributed by atoms with E-state index in [1.165, 1.54) is 25.7 Å². The van der Waals surface area contributed by atoms with Crippen molar-refractivity contribution in [2.45, 2.75) is 65.8 Å². The van der Waals surface area contributed by atoms with Crippen LogP contribution in [-0.2, 0) is 4.79 Å². The summed E-state index contributed by atoms with van der Waals surface area (Å²) in [5, 5.41) is 2.90. The average molecular weight is 242 g/mol. The highest BCUT2D eigenvalue weighted by Crippen LogP contribution is 2.09. The Hall–Kier alpha value is -0.570. The summed E-state index contributed by atoms with van der Waals surface area (Å²) in [6, 6.07) is -0.365. The first-order valence-corrected chi connectivity index (χ1v) is 6.98. The lowest BCUT2D eigenvalue weighted by Gasteiger charge is -2.15. The normalized spacial score (nSPS) is 13.1. The van der Waals surface area contributed by atoms with Crippen molar-refractivity contribution in [3.05, 3.63) is 0 Å². The van der Waals surface area contributed by atoms with Crippen molar-refractivity contribution < 1.29 is 4.79 Å². The van der Waals surface area contributed by atoms with Gasteiger partial charge in [-0.1, -0.05) is 53.4 Å². The van der Waals surface area contributed by atoms with Crippen molar-refractivity contribution >= 4 is 5.91 Å². The summed E-state index contributed by atoms with van der Waals surface area (Å²) in [5.41, 5.74) is 5.74. The van der Waals surface area contributed by atoms with Gasteiger partial charge in [-0.2, -0.15) is 0 Å². The Morgan fingerprint density at radius 3 is 2.18 bits per heavy atom. The van der Waals surface area contributed by atoms with Gasteiger partial charge in [0.2, 0.25) is 5.91 Å². The lowest BCUT2D eigenvalue weighted by molar-refractivity contribution is -0.123. The second kappa shape index (κ2) is 9.46. The first kappa shape index (κ1) is 16.4. The van der Waals surface area contributed by atoms with Crippen LogP contribution in [0.15, 0.2) is 0 Å². The molecule has 0 bridgehead atoms. The molecule has 3 N–H and O–H groups in total. The molecule has 0 unspecified atom stereocenters.